The van der Waals surface area contributed by atoms with Crippen molar-refractivity contribution in [2.75, 3.05) is 24.5 Å². The van der Waals surface area contributed by atoms with Gasteiger partial charge in [-0.15, -0.1) is 0 Å². The number of H-pyrrole nitrogens is 1. The number of aromatic amines is 1. The van der Waals surface area contributed by atoms with Crippen molar-refractivity contribution in [3.63, 3.8) is 0 Å². The highest BCUT2D eigenvalue weighted by Crippen LogP contribution is 2.23. The molecule has 4 aromatic rings. The van der Waals surface area contributed by atoms with Crippen molar-refractivity contribution in [1.29, 1.82) is 0 Å². The summed E-state index contributed by atoms with van der Waals surface area (Å²) < 4.78 is 5.96. The van der Waals surface area contributed by atoms with E-state index in [1.165, 1.54) is 0 Å². The number of hydrogen-bond donors (Lipinski definition) is 1. The minimum absolute atomic E-state index is 0.0375. The minimum Gasteiger partial charge on any atom is -0.487 e. The predicted octanol–water partition coefficient (Wildman–Crippen LogP) is 4.20. The molecule has 0 saturated carbocycles. The number of amides is 2. The van der Waals surface area contributed by atoms with E-state index in [2.05, 4.69) is 9.97 Å². The van der Waals surface area contributed by atoms with E-state index in [4.69, 9.17) is 4.74 Å². The van der Waals surface area contributed by atoms with Crippen molar-refractivity contribution < 1.29 is 14.3 Å². The van der Waals surface area contributed by atoms with E-state index in [9.17, 15) is 9.59 Å². The first-order valence-electron chi connectivity index (χ1n) is 11.4. The third-order valence-corrected chi connectivity index (χ3v) is 6.18. The molecule has 1 N–H and O–H groups in total. The second-order valence-electron chi connectivity index (χ2n) is 8.52. The maximum absolute atomic E-state index is 13.6. The summed E-state index contributed by atoms with van der Waals surface area (Å²) in [5.41, 5.74) is 3.25. The molecule has 34 heavy (non-hydrogen) atoms. The first kappa shape index (κ1) is 21.7. The Morgan fingerprint density at radius 2 is 2.00 bits per heavy atom. The average molecular weight is 455 g/mol. The number of nitrogens with one attached hydrogen (secondary N) is 1. The number of aryl methyl sites for hydroxylation is 1. The molecular formula is C27H26N4O3. The van der Waals surface area contributed by atoms with Gasteiger partial charge in [0.25, 0.3) is 5.91 Å². The molecule has 5 rings (SSSR count). The van der Waals surface area contributed by atoms with Gasteiger partial charge in [0.1, 0.15) is 18.4 Å². The number of carbonyl (C=O) groups is 2. The summed E-state index contributed by atoms with van der Waals surface area (Å²) in [5, 5.41) is 1.08. The number of ether oxygens (including phenoxy) is 1. The highest BCUT2D eigenvalue weighted by molar-refractivity contribution is 6.10. The predicted molar refractivity (Wildman–Crippen MR) is 131 cm³/mol. The van der Waals surface area contributed by atoms with Crippen molar-refractivity contribution in [1.82, 2.24) is 14.9 Å². The first-order valence-corrected chi connectivity index (χ1v) is 11.4. The van der Waals surface area contributed by atoms with Crippen LogP contribution in [0.2, 0.25) is 0 Å². The van der Waals surface area contributed by atoms with Crippen LogP contribution in [-0.4, -0.2) is 52.4 Å². The van der Waals surface area contributed by atoms with Gasteiger partial charge in [-0.1, -0.05) is 24.3 Å². The zero-order valence-electron chi connectivity index (χ0n) is 19.0. The van der Waals surface area contributed by atoms with E-state index < -0.39 is 0 Å². The van der Waals surface area contributed by atoms with Crippen LogP contribution in [0, 0.1) is 6.92 Å². The third kappa shape index (κ3) is 4.50. The Labute approximate surface area is 198 Å². The number of hydrogen-bond acceptors (Lipinski definition) is 4. The first-order chi connectivity index (χ1) is 16.6. The SMILES string of the molecule is Cc1c[nH]c2cc(C(=O)N(CC(=O)N3CC[C@@H](Oc4cccnc4)C3)c3ccccc3)ccc12. The Morgan fingerprint density at radius 1 is 1.15 bits per heavy atom. The zero-order chi connectivity index (χ0) is 23.5. The molecule has 2 aromatic carbocycles. The van der Waals surface area contributed by atoms with Crippen molar-refractivity contribution in [2.24, 2.45) is 0 Å². The number of rotatable bonds is 6. The van der Waals surface area contributed by atoms with Crippen LogP contribution in [0.1, 0.15) is 22.3 Å². The molecule has 0 unspecified atom stereocenters. The summed E-state index contributed by atoms with van der Waals surface area (Å²) in [6.45, 7) is 3.06. The van der Waals surface area contributed by atoms with E-state index in [1.54, 1.807) is 22.2 Å². The van der Waals surface area contributed by atoms with Gasteiger partial charge in [-0.2, -0.15) is 0 Å². The lowest BCUT2D eigenvalue weighted by molar-refractivity contribution is -0.128. The molecule has 0 bridgehead atoms. The standard InChI is InChI=1S/C27H26N4O3/c1-19-15-29-25-14-20(9-10-24(19)25)27(33)31(21-6-3-2-4-7-21)18-26(32)30-13-11-23(17-30)34-22-8-5-12-28-16-22/h2-10,12,14-16,23,29H,11,13,17-18H2,1H3/t23-/m1/s1. The molecule has 7 nitrogen and oxygen atoms in total. The van der Waals surface area contributed by atoms with Crippen molar-refractivity contribution >= 4 is 28.4 Å². The summed E-state index contributed by atoms with van der Waals surface area (Å²) in [5.74, 6) is 0.375. The molecule has 7 heteroatoms. The summed E-state index contributed by atoms with van der Waals surface area (Å²) in [7, 11) is 0. The monoisotopic (exact) mass is 454 g/mol. The van der Waals surface area contributed by atoms with Crippen molar-refractivity contribution in [3.8, 4) is 5.75 Å². The Morgan fingerprint density at radius 3 is 2.79 bits per heavy atom. The lowest BCUT2D eigenvalue weighted by atomic mass is 10.1. The van der Waals surface area contributed by atoms with Crippen molar-refractivity contribution in [3.05, 3.63) is 90.4 Å². The van der Waals surface area contributed by atoms with Gasteiger partial charge in [0, 0.05) is 47.5 Å². The number of aromatic nitrogens is 2. The van der Waals surface area contributed by atoms with E-state index >= 15 is 0 Å². The molecule has 0 aliphatic carbocycles. The number of fused-ring (bicyclic) bond motifs is 1. The number of anilines is 1. The Kier molecular flexibility index (Phi) is 5.99. The smallest absolute Gasteiger partial charge is 0.258 e. The number of carbonyl (C=O) groups excluding carboxylic acids is 2. The number of nitrogens with zero attached hydrogens (tertiary/aromatic N) is 3. The van der Waals surface area contributed by atoms with Crippen LogP contribution in [0.15, 0.2) is 79.3 Å². The van der Waals surface area contributed by atoms with Gasteiger partial charge in [0.15, 0.2) is 0 Å². The quantitative estimate of drug-likeness (QED) is 0.474. The fourth-order valence-corrected chi connectivity index (χ4v) is 4.34. The zero-order valence-corrected chi connectivity index (χ0v) is 19.0. The summed E-state index contributed by atoms with van der Waals surface area (Å²) in [4.78, 5) is 37.4. The van der Waals surface area contributed by atoms with Gasteiger partial charge >= 0.3 is 0 Å². The Balaban J connectivity index is 1.33. The molecular weight excluding hydrogens is 428 g/mol. The molecule has 2 amide bonds. The second-order valence-corrected chi connectivity index (χ2v) is 8.52. The molecule has 3 heterocycles. The maximum atomic E-state index is 13.6. The van der Waals surface area contributed by atoms with Gasteiger partial charge in [-0.05, 0) is 48.9 Å². The molecule has 1 aliphatic rings. The molecule has 1 fully saturated rings. The molecule has 172 valence electrons. The van der Waals surface area contributed by atoms with Crippen LogP contribution in [0.25, 0.3) is 10.9 Å². The fraction of sp³-hybridized carbons (Fsp3) is 0.222. The van der Waals surface area contributed by atoms with Crippen LogP contribution in [-0.2, 0) is 4.79 Å². The second kappa shape index (κ2) is 9.39. The van der Waals surface area contributed by atoms with Crippen molar-refractivity contribution in [2.45, 2.75) is 19.4 Å². The molecule has 0 spiro atoms. The third-order valence-electron chi connectivity index (χ3n) is 6.18. The largest absolute Gasteiger partial charge is 0.487 e. The van der Waals surface area contributed by atoms with E-state index in [0.717, 1.165) is 22.9 Å². The van der Waals surface area contributed by atoms with Gasteiger partial charge in [0.05, 0.1) is 12.7 Å². The van der Waals surface area contributed by atoms with E-state index in [0.29, 0.717) is 30.1 Å². The van der Waals surface area contributed by atoms with Crippen LogP contribution in [0.3, 0.4) is 0 Å². The van der Waals surface area contributed by atoms with Gasteiger partial charge in [0.2, 0.25) is 5.91 Å². The number of benzene rings is 2. The number of para-hydroxylation sites is 1. The molecule has 1 saturated heterocycles. The summed E-state index contributed by atoms with van der Waals surface area (Å²) >= 11 is 0. The Hall–Kier alpha value is -4.13. The minimum atomic E-state index is -0.212. The van der Waals surface area contributed by atoms with E-state index in [-0.39, 0.29) is 24.5 Å². The molecule has 1 aliphatic heterocycles. The lowest BCUT2D eigenvalue weighted by Crippen LogP contribution is -2.42. The highest BCUT2D eigenvalue weighted by atomic mass is 16.5. The normalized spacial score (nSPS) is 15.4. The van der Waals surface area contributed by atoms with E-state index in [1.807, 2.05) is 73.8 Å². The fourth-order valence-electron chi connectivity index (χ4n) is 4.34. The molecule has 2 aromatic heterocycles. The number of likely N-dealkylation sites (tertiary alicyclic amines) is 1. The summed E-state index contributed by atoms with van der Waals surface area (Å²) in [6, 6.07) is 18.6. The maximum Gasteiger partial charge on any atom is 0.258 e. The topological polar surface area (TPSA) is 78.5 Å². The van der Waals surface area contributed by atoms with Gasteiger partial charge < -0.3 is 14.6 Å². The lowest BCUT2D eigenvalue weighted by Gasteiger charge is -2.25. The van der Waals surface area contributed by atoms with Crippen LogP contribution < -0.4 is 9.64 Å². The van der Waals surface area contributed by atoms with Crippen LogP contribution in [0.4, 0.5) is 5.69 Å². The molecule has 1 atom stereocenters. The van der Waals surface area contributed by atoms with Crippen LogP contribution in [0.5, 0.6) is 5.75 Å². The molecule has 0 radical (unpaired) electrons. The summed E-state index contributed by atoms with van der Waals surface area (Å²) in [6.07, 6.45) is 5.94. The number of pyridine rings is 1. The van der Waals surface area contributed by atoms with Crippen LogP contribution >= 0.6 is 0 Å². The van der Waals surface area contributed by atoms with Gasteiger partial charge in [-0.25, -0.2) is 0 Å². The highest BCUT2D eigenvalue weighted by Gasteiger charge is 2.30. The Bertz CT molecular complexity index is 1300. The van der Waals surface area contributed by atoms with Gasteiger partial charge in [-0.3, -0.25) is 19.5 Å². The average Bonchev–Trinajstić information content (AvgIpc) is 3.49.